The molecule has 0 rings (SSSR count). The first-order valence-electron chi connectivity index (χ1n) is 3.17. The van der Waals surface area contributed by atoms with Crippen LogP contribution in [-0.2, 0) is 4.74 Å². The van der Waals surface area contributed by atoms with Gasteiger partial charge in [-0.25, -0.2) is 0 Å². The number of ether oxygens (including phenoxy) is 1. The summed E-state index contributed by atoms with van der Waals surface area (Å²) in [6.45, 7) is 8.83. The van der Waals surface area contributed by atoms with Gasteiger partial charge in [0.2, 0.25) is 0 Å². The van der Waals surface area contributed by atoms with E-state index in [0.29, 0.717) is 6.61 Å². The maximum atomic E-state index is 8.30. The molecule has 0 aromatic carbocycles. The van der Waals surface area contributed by atoms with Gasteiger partial charge in [0.15, 0.2) is 0 Å². The van der Waals surface area contributed by atoms with Gasteiger partial charge in [-0.1, -0.05) is 11.6 Å². The predicted octanol–water partition coefficient (Wildman–Crippen LogP) is 0.622. The Labute approximate surface area is 70.6 Å². The second-order valence-electron chi connectivity index (χ2n) is 1.65. The van der Waals surface area contributed by atoms with Crippen molar-refractivity contribution in [3.05, 3.63) is 22.9 Å². The molecule has 0 aromatic rings. The molecule has 0 spiro atoms. The van der Waals surface area contributed by atoms with Crippen LogP contribution in [0.3, 0.4) is 0 Å². The second-order valence-corrected chi connectivity index (χ2v) is 1.65. The Hall–Kier alpha value is -2.01. The number of nitriles is 1. The van der Waals surface area contributed by atoms with E-state index in [0.717, 1.165) is 6.40 Å². The Bertz CT molecular complexity index is 279. The van der Waals surface area contributed by atoms with Gasteiger partial charge >= 0.3 is 5.82 Å². The standard InChI is InChI=1S/C7H8N4O/c1-3-12-5-11-7(10-2)6(9)4-8/h5H,3,9H2,1H3/b7-6+,11-5+. The summed E-state index contributed by atoms with van der Waals surface area (Å²) in [6, 6.07) is 1.62. The molecular formula is C7H8N4O. The summed E-state index contributed by atoms with van der Waals surface area (Å²) in [6.07, 6.45) is 1.09. The minimum Gasteiger partial charge on any atom is -0.466 e. The van der Waals surface area contributed by atoms with E-state index >= 15 is 0 Å². The fourth-order valence-electron chi connectivity index (χ4n) is 0.370. The van der Waals surface area contributed by atoms with Gasteiger partial charge in [-0.2, -0.15) is 5.26 Å². The van der Waals surface area contributed by atoms with Crippen LogP contribution < -0.4 is 5.73 Å². The molecule has 0 aromatic heterocycles. The van der Waals surface area contributed by atoms with E-state index in [1.807, 2.05) is 0 Å². The zero-order chi connectivity index (χ0) is 9.40. The van der Waals surface area contributed by atoms with Gasteiger partial charge in [0.25, 0.3) is 6.40 Å². The molecule has 5 heteroatoms. The van der Waals surface area contributed by atoms with Crippen molar-refractivity contribution in [3.63, 3.8) is 0 Å². The fraction of sp³-hybridized carbons (Fsp3) is 0.286. The third kappa shape index (κ3) is 3.23. The second kappa shape index (κ2) is 5.75. The Morgan fingerprint density at radius 2 is 2.58 bits per heavy atom. The van der Waals surface area contributed by atoms with Crippen LogP contribution in [0.1, 0.15) is 6.92 Å². The lowest BCUT2D eigenvalue weighted by Gasteiger charge is -1.89. The van der Waals surface area contributed by atoms with E-state index in [-0.39, 0.29) is 11.5 Å². The third-order valence-corrected chi connectivity index (χ3v) is 0.883. The van der Waals surface area contributed by atoms with Crippen LogP contribution in [0.15, 0.2) is 16.5 Å². The molecule has 0 aliphatic heterocycles. The van der Waals surface area contributed by atoms with E-state index in [9.17, 15) is 0 Å². The lowest BCUT2D eigenvalue weighted by Crippen LogP contribution is -1.96. The Morgan fingerprint density at radius 3 is 3.00 bits per heavy atom. The first-order valence-corrected chi connectivity index (χ1v) is 3.17. The molecule has 0 aliphatic carbocycles. The molecule has 0 heterocycles. The van der Waals surface area contributed by atoms with Crippen LogP contribution >= 0.6 is 0 Å². The molecule has 0 bridgehead atoms. The minimum atomic E-state index is -0.207. The van der Waals surface area contributed by atoms with Gasteiger partial charge in [-0.15, -0.1) is 0 Å². The summed E-state index contributed by atoms with van der Waals surface area (Å²) in [4.78, 5) is 6.47. The normalized spacial score (nSPS) is 11.6. The topological polar surface area (TPSA) is 75.8 Å². The largest absolute Gasteiger partial charge is 0.466 e. The van der Waals surface area contributed by atoms with Crippen LogP contribution in [0.4, 0.5) is 0 Å². The Morgan fingerprint density at radius 1 is 1.92 bits per heavy atom. The summed E-state index contributed by atoms with van der Waals surface area (Å²) in [7, 11) is 0. The lowest BCUT2D eigenvalue weighted by molar-refractivity contribution is 0.343. The summed E-state index contributed by atoms with van der Waals surface area (Å²) in [5.41, 5.74) is 4.94. The number of aliphatic imine (C=N–C) groups is 1. The highest BCUT2D eigenvalue weighted by atomic mass is 16.5. The highest BCUT2D eigenvalue weighted by molar-refractivity contribution is 5.50. The quantitative estimate of drug-likeness (QED) is 0.287. The van der Waals surface area contributed by atoms with Gasteiger partial charge in [-0.3, -0.25) is 0 Å². The molecule has 0 saturated carbocycles. The monoisotopic (exact) mass is 164 g/mol. The van der Waals surface area contributed by atoms with Crippen molar-refractivity contribution in [3.8, 4) is 6.07 Å². The van der Waals surface area contributed by atoms with Crippen molar-refractivity contribution in [2.24, 2.45) is 10.7 Å². The molecule has 0 atom stereocenters. The van der Waals surface area contributed by atoms with Crippen LogP contribution in [0.5, 0.6) is 0 Å². The van der Waals surface area contributed by atoms with Gasteiger partial charge in [0.05, 0.1) is 6.61 Å². The Kier molecular flexibility index (Phi) is 4.79. The lowest BCUT2D eigenvalue weighted by atomic mass is 10.5. The third-order valence-electron chi connectivity index (χ3n) is 0.883. The molecule has 2 N–H and O–H groups in total. The van der Waals surface area contributed by atoms with Crippen LogP contribution in [0.25, 0.3) is 4.85 Å². The average Bonchev–Trinajstić information content (AvgIpc) is 2.11. The minimum absolute atomic E-state index is 0.147. The predicted molar refractivity (Wildman–Crippen MR) is 43.5 cm³/mol. The maximum absolute atomic E-state index is 8.30. The van der Waals surface area contributed by atoms with E-state index in [4.69, 9.17) is 22.3 Å². The summed E-state index contributed by atoms with van der Waals surface area (Å²) >= 11 is 0. The van der Waals surface area contributed by atoms with Crippen LogP contribution in [-0.4, -0.2) is 13.0 Å². The van der Waals surface area contributed by atoms with Crippen molar-refractivity contribution >= 4 is 6.40 Å². The summed E-state index contributed by atoms with van der Waals surface area (Å²) < 4.78 is 4.73. The molecule has 0 aliphatic rings. The summed E-state index contributed by atoms with van der Waals surface area (Å²) in [5.74, 6) is -0.147. The molecule has 0 saturated heterocycles. The molecule has 0 radical (unpaired) electrons. The molecule has 12 heavy (non-hydrogen) atoms. The van der Waals surface area contributed by atoms with Crippen molar-refractivity contribution in [2.75, 3.05) is 6.61 Å². The zero-order valence-electron chi connectivity index (χ0n) is 6.61. The molecule has 0 amide bonds. The van der Waals surface area contributed by atoms with E-state index < -0.39 is 0 Å². The highest BCUT2D eigenvalue weighted by Crippen LogP contribution is 2.00. The SMILES string of the molecule is [C-]#[N+]C(/N=C/OCC)=C(\N)C#N. The summed E-state index contributed by atoms with van der Waals surface area (Å²) in [5, 5.41) is 8.30. The van der Waals surface area contributed by atoms with Gasteiger partial charge < -0.3 is 15.3 Å². The zero-order valence-corrected chi connectivity index (χ0v) is 6.61. The molecule has 0 unspecified atom stereocenters. The van der Waals surface area contributed by atoms with E-state index in [1.165, 1.54) is 0 Å². The first kappa shape index (κ1) is 9.99. The van der Waals surface area contributed by atoms with Crippen molar-refractivity contribution in [1.82, 2.24) is 0 Å². The molecular weight excluding hydrogens is 156 g/mol. The number of nitrogens with zero attached hydrogens (tertiary/aromatic N) is 3. The first-order chi connectivity index (χ1) is 5.76. The number of hydrogen-bond donors (Lipinski definition) is 1. The van der Waals surface area contributed by atoms with Gasteiger partial charge in [0, 0.05) is 0 Å². The van der Waals surface area contributed by atoms with Gasteiger partial charge in [0.1, 0.15) is 11.8 Å². The fourth-order valence-corrected chi connectivity index (χ4v) is 0.370. The Balaban J connectivity index is 4.43. The molecule has 5 nitrogen and oxygen atoms in total. The van der Waals surface area contributed by atoms with E-state index in [2.05, 4.69) is 9.84 Å². The molecule has 62 valence electrons. The number of rotatable bonds is 3. The maximum Gasteiger partial charge on any atom is 0.306 e. The number of allylic oxidation sites excluding steroid dienone is 1. The van der Waals surface area contributed by atoms with Crippen molar-refractivity contribution < 1.29 is 4.74 Å². The smallest absolute Gasteiger partial charge is 0.306 e. The average molecular weight is 164 g/mol. The van der Waals surface area contributed by atoms with Crippen molar-refractivity contribution in [2.45, 2.75) is 6.92 Å². The van der Waals surface area contributed by atoms with E-state index in [1.54, 1.807) is 13.0 Å². The highest BCUT2D eigenvalue weighted by Gasteiger charge is 1.98. The van der Waals surface area contributed by atoms with Gasteiger partial charge in [-0.05, 0) is 6.92 Å². The molecule has 0 fully saturated rings. The number of nitrogens with two attached hydrogens (primary N) is 1. The van der Waals surface area contributed by atoms with Crippen LogP contribution in [0.2, 0.25) is 0 Å². The van der Waals surface area contributed by atoms with Crippen LogP contribution in [0, 0.1) is 17.9 Å². The number of hydrogen-bond acceptors (Lipinski definition) is 4. The van der Waals surface area contributed by atoms with Crippen molar-refractivity contribution in [1.29, 1.82) is 5.26 Å².